The molecule has 1 saturated heterocycles. The standard InChI is InChI=1S/C14H17FN4O2S/c1-18-7-5-16-14(18)10-17-11-3-4-12(15)13(9-11)19-6-2-8-22(19,20)21/h3-5,7,9,17H,2,6,8,10H2,1H3. The highest BCUT2D eigenvalue weighted by Crippen LogP contribution is 2.29. The van der Waals surface area contributed by atoms with Crippen LogP contribution in [0.25, 0.3) is 0 Å². The van der Waals surface area contributed by atoms with Gasteiger partial charge in [0.15, 0.2) is 0 Å². The molecule has 0 aliphatic carbocycles. The Morgan fingerprint density at radius 1 is 1.41 bits per heavy atom. The number of nitrogens with zero attached hydrogens (tertiary/aromatic N) is 3. The third-order valence-electron chi connectivity index (χ3n) is 3.69. The van der Waals surface area contributed by atoms with E-state index in [1.165, 1.54) is 12.1 Å². The van der Waals surface area contributed by atoms with Crippen LogP contribution in [0, 0.1) is 5.82 Å². The van der Waals surface area contributed by atoms with Crippen LogP contribution in [-0.4, -0.2) is 30.3 Å². The first-order valence-electron chi connectivity index (χ1n) is 6.97. The van der Waals surface area contributed by atoms with Gasteiger partial charge < -0.3 is 9.88 Å². The normalized spacial score (nSPS) is 16.9. The van der Waals surface area contributed by atoms with Crippen molar-refractivity contribution < 1.29 is 12.8 Å². The summed E-state index contributed by atoms with van der Waals surface area (Å²) in [5, 5.41) is 3.13. The molecule has 0 unspecified atom stereocenters. The lowest BCUT2D eigenvalue weighted by Crippen LogP contribution is -2.26. The zero-order valence-electron chi connectivity index (χ0n) is 12.2. The van der Waals surface area contributed by atoms with Crippen molar-refractivity contribution in [3.8, 4) is 0 Å². The van der Waals surface area contributed by atoms with Crippen molar-refractivity contribution >= 4 is 21.4 Å². The van der Waals surface area contributed by atoms with Crippen LogP contribution >= 0.6 is 0 Å². The smallest absolute Gasteiger partial charge is 0.235 e. The molecule has 1 N–H and O–H groups in total. The van der Waals surface area contributed by atoms with Gasteiger partial charge in [0.1, 0.15) is 11.6 Å². The fourth-order valence-corrected chi connectivity index (χ4v) is 4.03. The van der Waals surface area contributed by atoms with Gasteiger partial charge in [-0.05, 0) is 24.6 Å². The number of benzene rings is 1. The summed E-state index contributed by atoms with van der Waals surface area (Å²) in [5.41, 5.74) is 0.754. The van der Waals surface area contributed by atoms with Crippen molar-refractivity contribution in [1.82, 2.24) is 9.55 Å². The van der Waals surface area contributed by atoms with Gasteiger partial charge in [-0.2, -0.15) is 0 Å². The third kappa shape index (κ3) is 2.78. The van der Waals surface area contributed by atoms with Crippen molar-refractivity contribution in [3.63, 3.8) is 0 Å². The number of halogens is 1. The Morgan fingerprint density at radius 3 is 2.86 bits per heavy atom. The number of rotatable bonds is 4. The molecule has 1 aromatic carbocycles. The van der Waals surface area contributed by atoms with Gasteiger partial charge in [0.2, 0.25) is 10.0 Å². The van der Waals surface area contributed by atoms with Crippen molar-refractivity contribution in [2.24, 2.45) is 7.05 Å². The lowest BCUT2D eigenvalue weighted by molar-refractivity contribution is 0.595. The summed E-state index contributed by atoms with van der Waals surface area (Å²) in [4.78, 5) is 4.19. The minimum absolute atomic E-state index is 0.0668. The SMILES string of the molecule is Cn1ccnc1CNc1ccc(F)c(N2CCCS2(=O)=O)c1. The second kappa shape index (κ2) is 5.60. The molecule has 1 aromatic heterocycles. The first-order chi connectivity index (χ1) is 10.5. The van der Waals surface area contributed by atoms with E-state index in [9.17, 15) is 12.8 Å². The van der Waals surface area contributed by atoms with Crippen molar-refractivity contribution in [2.45, 2.75) is 13.0 Å². The lowest BCUT2D eigenvalue weighted by Gasteiger charge is -2.18. The first kappa shape index (κ1) is 14.8. The van der Waals surface area contributed by atoms with Crippen LogP contribution in [0.15, 0.2) is 30.6 Å². The minimum Gasteiger partial charge on any atom is -0.378 e. The molecule has 0 bridgehead atoms. The van der Waals surface area contributed by atoms with E-state index in [1.807, 2.05) is 17.8 Å². The van der Waals surface area contributed by atoms with Gasteiger partial charge in [-0.15, -0.1) is 0 Å². The molecule has 1 aliphatic rings. The molecule has 0 radical (unpaired) electrons. The van der Waals surface area contributed by atoms with Crippen LogP contribution in [0.3, 0.4) is 0 Å². The molecule has 0 saturated carbocycles. The molecule has 1 fully saturated rings. The van der Waals surface area contributed by atoms with Crippen LogP contribution in [-0.2, 0) is 23.6 Å². The first-order valence-corrected chi connectivity index (χ1v) is 8.58. The highest BCUT2D eigenvalue weighted by Gasteiger charge is 2.30. The Morgan fingerprint density at radius 2 is 2.23 bits per heavy atom. The number of anilines is 2. The van der Waals surface area contributed by atoms with E-state index in [-0.39, 0.29) is 11.4 Å². The summed E-state index contributed by atoms with van der Waals surface area (Å²) in [5.74, 6) is 0.366. The molecular weight excluding hydrogens is 307 g/mol. The predicted octanol–water partition coefficient (Wildman–Crippen LogP) is 1.71. The topological polar surface area (TPSA) is 67.2 Å². The highest BCUT2D eigenvalue weighted by molar-refractivity contribution is 7.93. The van der Waals surface area contributed by atoms with Crippen LogP contribution in [0.5, 0.6) is 0 Å². The van der Waals surface area contributed by atoms with Gasteiger partial charge in [0, 0.05) is 31.7 Å². The van der Waals surface area contributed by atoms with E-state index in [4.69, 9.17) is 0 Å². The van der Waals surface area contributed by atoms with Gasteiger partial charge in [-0.25, -0.2) is 17.8 Å². The number of nitrogens with one attached hydrogen (secondary N) is 1. The van der Waals surface area contributed by atoms with Crippen LogP contribution in [0.1, 0.15) is 12.2 Å². The maximum atomic E-state index is 14.0. The lowest BCUT2D eigenvalue weighted by atomic mass is 10.2. The van der Waals surface area contributed by atoms with Gasteiger partial charge in [0.05, 0.1) is 18.0 Å². The fraction of sp³-hybridized carbons (Fsp3) is 0.357. The number of aryl methyl sites for hydroxylation is 1. The number of hydrogen-bond acceptors (Lipinski definition) is 4. The minimum atomic E-state index is -3.40. The average molecular weight is 324 g/mol. The molecule has 6 nitrogen and oxygen atoms in total. The number of imidazole rings is 1. The number of sulfonamides is 1. The molecule has 2 heterocycles. The molecule has 118 valence electrons. The van der Waals surface area contributed by atoms with E-state index >= 15 is 0 Å². The molecule has 1 aliphatic heterocycles. The molecule has 0 spiro atoms. The van der Waals surface area contributed by atoms with Crippen LogP contribution < -0.4 is 9.62 Å². The van der Waals surface area contributed by atoms with E-state index in [1.54, 1.807) is 12.3 Å². The van der Waals surface area contributed by atoms with E-state index in [2.05, 4.69) is 10.3 Å². The largest absolute Gasteiger partial charge is 0.378 e. The maximum Gasteiger partial charge on any atom is 0.235 e. The van der Waals surface area contributed by atoms with Gasteiger partial charge >= 0.3 is 0 Å². The van der Waals surface area contributed by atoms with Gasteiger partial charge in [-0.1, -0.05) is 0 Å². The monoisotopic (exact) mass is 324 g/mol. The highest BCUT2D eigenvalue weighted by atomic mass is 32.2. The van der Waals surface area contributed by atoms with Gasteiger partial charge in [0.25, 0.3) is 0 Å². The molecule has 0 atom stereocenters. The zero-order chi connectivity index (χ0) is 15.7. The molecule has 22 heavy (non-hydrogen) atoms. The van der Waals surface area contributed by atoms with Crippen molar-refractivity contribution in [2.75, 3.05) is 21.9 Å². The quantitative estimate of drug-likeness (QED) is 0.930. The summed E-state index contributed by atoms with van der Waals surface area (Å²) in [6.07, 6.45) is 4.06. The Bertz CT molecular complexity index is 788. The molecule has 8 heteroatoms. The zero-order valence-corrected chi connectivity index (χ0v) is 13.0. The Labute approximate surface area is 128 Å². The predicted molar refractivity (Wildman–Crippen MR) is 82.7 cm³/mol. The van der Waals surface area contributed by atoms with Gasteiger partial charge in [-0.3, -0.25) is 4.31 Å². The maximum absolute atomic E-state index is 14.0. The summed E-state index contributed by atoms with van der Waals surface area (Å²) in [6, 6.07) is 4.40. The average Bonchev–Trinajstić information content (AvgIpc) is 3.03. The van der Waals surface area contributed by atoms with E-state index < -0.39 is 15.8 Å². The molecular formula is C14H17FN4O2S. The molecule has 2 aromatic rings. The number of aromatic nitrogens is 2. The van der Waals surface area contributed by atoms with Crippen molar-refractivity contribution in [1.29, 1.82) is 0 Å². The summed E-state index contributed by atoms with van der Waals surface area (Å²) in [7, 11) is -1.51. The van der Waals surface area contributed by atoms with Crippen molar-refractivity contribution in [3.05, 3.63) is 42.2 Å². The Kier molecular flexibility index (Phi) is 3.78. The summed E-state index contributed by atoms with van der Waals surface area (Å²) >= 11 is 0. The second-order valence-corrected chi connectivity index (χ2v) is 7.23. The second-order valence-electron chi connectivity index (χ2n) is 5.22. The summed E-state index contributed by atoms with van der Waals surface area (Å²) < 4.78 is 40.9. The number of hydrogen-bond donors (Lipinski definition) is 1. The van der Waals surface area contributed by atoms with Crippen LogP contribution in [0.4, 0.5) is 15.8 Å². The fourth-order valence-electron chi connectivity index (χ4n) is 2.47. The molecule has 3 rings (SSSR count). The van der Waals surface area contributed by atoms with Crippen LogP contribution in [0.2, 0.25) is 0 Å². The Hall–Kier alpha value is -2.09. The molecule has 0 amide bonds. The Balaban J connectivity index is 1.82. The summed E-state index contributed by atoms with van der Waals surface area (Å²) in [6.45, 7) is 0.795. The van der Waals surface area contributed by atoms with E-state index in [0.717, 1.165) is 10.1 Å². The van der Waals surface area contributed by atoms with E-state index in [0.29, 0.717) is 25.2 Å². The third-order valence-corrected chi connectivity index (χ3v) is 5.54.